The molecule has 0 bridgehead atoms. The first-order valence-electron chi connectivity index (χ1n) is 6.64. The molecule has 106 valence electrons. The Morgan fingerprint density at radius 3 is 2.75 bits per heavy atom. The summed E-state index contributed by atoms with van der Waals surface area (Å²) in [6.07, 6.45) is 3.57. The van der Waals surface area contributed by atoms with Crippen LogP contribution in [0.15, 0.2) is 36.7 Å². The van der Waals surface area contributed by atoms with Crippen LogP contribution in [0.5, 0.6) is 5.75 Å². The van der Waals surface area contributed by atoms with E-state index >= 15 is 0 Å². The van der Waals surface area contributed by atoms with Crippen LogP contribution in [0, 0.1) is 6.92 Å². The quantitative estimate of drug-likeness (QED) is 0.910. The average Bonchev–Trinajstić information content (AvgIpc) is 2.45. The molecular formula is C16H19ClN2O. The summed E-state index contributed by atoms with van der Waals surface area (Å²) in [5.74, 6) is 0.761. The molecule has 1 atom stereocenters. The largest absolute Gasteiger partial charge is 0.495 e. The number of aryl methyl sites for hydroxylation is 1. The first-order chi connectivity index (χ1) is 9.65. The summed E-state index contributed by atoms with van der Waals surface area (Å²) in [5.41, 5.74) is 3.44. The van der Waals surface area contributed by atoms with Gasteiger partial charge in [-0.2, -0.15) is 0 Å². The second-order valence-corrected chi connectivity index (χ2v) is 5.09. The molecule has 0 fully saturated rings. The van der Waals surface area contributed by atoms with Crippen molar-refractivity contribution >= 4 is 11.6 Å². The van der Waals surface area contributed by atoms with Crippen LogP contribution in [0.4, 0.5) is 0 Å². The molecule has 20 heavy (non-hydrogen) atoms. The topological polar surface area (TPSA) is 34.2 Å². The zero-order valence-corrected chi connectivity index (χ0v) is 12.7. The monoisotopic (exact) mass is 290 g/mol. The van der Waals surface area contributed by atoms with Gasteiger partial charge in [0.2, 0.25) is 0 Å². The minimum Gasteiger partial charge on any atom is -0.495 e. The van der Waals surface area contributed by atoms with Gasteiger partial charge in [0.15, 0.2) is 0 Å². The predicted molar refractivity (Wildman–Crippen MR) is 82.5 cm³/mol. The molecule has 1 aromatic heterocycles. The van der Waals surface area contributed by atoms with Crippen LogP contribution in [0.2, 0.25) is 5.02 Å². The van der Waals surface area contributed by atoms with Gasteiger partial charge in [0.1, 0.15) is 5.75 Å². The second-order valence-electron chi connectivity index (χ2n) is 4.65. The fourth-order valence-corrected chi connectivity index (χ4v) is 2.51. The summed E-state index contributed by atoms with van der Waals surface area (Å²) in [7, 11) is 1.65. The number of aromatic nitrogens is 1. The van der Waals surface area contributed by atoms with E-state index in [1.807, 2.05) is 24.4 Å². The number of benzene rings is 1. The van der Waals surface area contributed by atoms with Crippen molar-refractivity contribution in [2.24, 2.45) is 0 Å². The number of methoxy groups -OCH3 is 1. The molecule has 0 saturated carbocycles. The maximum absolute atomic E-state index is 6.04. The number of pyridine rings is 1. The lowest BCUT2D eigenvalue weighted by molar-refractivity contribution is 0.411. The van der Waals surface area contributed by atoms with Gasteiger partial charge in [-0.05, 0) is 48.4 Å². The second kappa shape index (κ2) is 6.73. The lowest BCUT2D eigenvalue weighted by Crippen LogP contribution is -2.23. The Kier molecular flexibility index (Phi) is 4.99. The molecule has 0 aliphatic rings. The van der Waals surface area contributed by atoms with E-state index < -0.39 is 0 Å². The number of rotatable bonds is 5. The molecule has 2 rings (SSSR count). The van der Waals surface area contributed by atoms with Crippen molar-refractivity contribution < 1.29 is 4.74 Å². The summed E-state index contributed by atoms with van der Waals surface area (Å²) in [4.78, 5) is 4.24. The third-order valence-corrected chi connectivity index (χ3v) is 3.49. The Labute approximate surface area is 124 Å². The van der Waals surface area contributed by atoms with Crippen LogP contribution in [-0.2, 0) is 0 Å². The smallest absolute Gasteiger partial charge is 0.137 e. The fourth-order valence-electron chi connectivity index (χ4n) is 2.28. The van der Waals surface area contributed by atoms with Crippen LogP contribution in [0.25, 0.3) is 0 Å². The minimum absolute atomic E-state index is 0.0832. The summed E-state index contributed by atoms with van der Waals surface area (Å²) in [6.45, 7) is 5.02. The zero-order valence-electron chi connectivity index (χ0n) is 12.0. The van der Waals surface area contributed by atoms with Crippen molar-refractivity contribution in [3.8, 4) is 5.75 Å². The Morgan fingerprint density at radius 1 is 1.30 bits per heavy atom. The Balaban J connectivity index is 2.44. The SMILES string of the molecule is CCNC(c1cncc(OC)c1)c1ccc(Cl)cc1C. The maximum atomic E-state index is 6.04. The van der Waals surface area contributed by atoms with Gasteiger partial charge in [-0.15, -0.1) is 0 Å². The van der Waals surface area contributed by atoms with Crippen molar-refractivity contribution in [2.45, 2.75) is 19.9 Å². The van der Waals surface area contributed by atoms with E-state index in [1.54, 1.807) is 13.3 Å². The van der Waals surface area contributed by atoms with E-state index in [4.69, 9.17) is 16.3 Å². The van der Waals surface area contributed by atoms with E-state index in [-0.39, 0.29) is 6.04 Å². The number of halogens is 1. The summed E-state index contributed by atoms with van der Waals surface area (Å²) < 4.78 is 5.26. The summed E-state index contributed by atoms with van der Waals surface area (Å²) in [6, 6.07) is 8.05. The molecule has 1 heterocycles. The van der Waals surface area contributed by atoms with Crippen molar-refractivity contribution in [2.75, 3.05) is 13.7 Å². The van der Waals surface area contributed by atoms with Crippen LogP contribution >= 0.6 is 11.6 Å². The number of hydrogen-bond donors (Lipinski definition) is 1. The molecule has 1 N–H and O–H groups in total. The van der Waals surface area contributed by atoms with E-state index in [0.29, 0.717) is 0 Å². The molecule has 0 aliphatic carbocycles. The van der Waals surface area contributed by atoms with Crippen LogP contribution in [0.1, 0.15) is 29.7 Å². The fraction of sp³-hybridized carbons (Fsp3) is 0.312. The highest BCUT2D eigenvalue weighted by molar-refractivity contribution is 6.30. The molecule has 4 heteroatoms. The first kappa shape index (κ1) is 14.8. The third kappa shape index (κ3) is 3.30. The van der Waals surface area contributed by atoms with Crippen molar-refractivity contribution in [1.29, 1.82) is 0 Å². The van der Waals surface area contributed by atoms with E-state index in [1.165, 1.54) is 5.56 Å². The Morgan fingerprint density at radius 2 is 2.10 bits per heavy atom. The van der Waals surface area contributed by atoms with Gasteiger partial charge >= 0.3 is 0 Å². The molecule has 0 amide bonds. The molecule has 0 aliphatic heterocycles. The van der Waals surface area contributed by atoms with Crippen molar-refractivity contribution in [3.63, 3.8) is 0 Å². The molecular weight excluding hydrogens is 272 g/mol. The Bertz CT molecular complexity index is 586. The average molecular weight is 291 g/mol. The highest BCUT2D eigenvalue weighted by atomic mass is 35.5. The van der Waals surface area contributed by atoms with Crippen LogP contribution < -0.4 is 10.1 Å². The molecule has 1 aromatic carbocycles. The van der Waals surface area contributed by atoms with E-state index in [9.17, 15) is 0 Å². The van der Waals surface area contributed by atoms with Gasteiger partial charge < -0.3 is 10.1 Å². The maximum Gasteiger partial charge on any atom is 0.137 e. The molecule has 0 spiro atoms. The van der Waals surface area contributed by atoms with Gasteiger partial charge in [-0.1, -0.05) is 24.6 Å². The van der Waals surface area contributed by atoms with E-state index in [0.717, 1.165) is 28.4 Å². The number of nitrogens with one attached hydrogen (secondary N) is 1. The molecule has 0 saturated heterocycles. The highest BCUT2D eigenvalue weighted by Crippen LogP contribution is 2.28. The van der Waals surface area contributed by atoms with Crippen molar-refractivity contribution in [3.05, 3.63) is 58.4 Å². The standard InChI is InChI=1S/C16H19ClN2O/c1-4-19-16(12-8-14(20-3)10-18-9-12)15-6-5-13(17)7-11(15)2/h5-10,16,19H,4H2,1-3H3. The molecule has 3 nitrogen and oxygen atoms in total. The lowest BCUT2D eigenvalue weighted by Gasteiger charge is -2.21. The van der Waals surface area contributed by atoms with Crippen molar-refractivity contribution in [1.82, 2.24) is 10.3 Å². The van der Waals surface area contributed by atoms with Gasteiger partial charge in [-0.3, -0.25) is 4.98 Å². The van der Waals surface area contributed by atoms with Gasteiger partial charge in [-0.25, -0.2) is 0 Å². The molecule has 2 aromatic rings. The van der Waals surface area contributed by atoms with Crippen LogP contribution in [0.3, 0.4) is 0 Å². The van der Waals surface area contributed by atoms with E-state index in [2.05, 4.69) is 30.2 Å². The number of nitrogens with zero attached hydrogens (tertiary/aromatic N) is 1. The number of ether oxygens (including phenoxy) is 1. The summed E-state index contributed by atoms with van der Waals surface area (Å²) in [5, 5.41) is 4.24. The Hall–Kier alpha value is -1.58. The predicted octanol–water partition coefficient (Wildman–Crippen LogP) is 3.75. The molecule has 0 radical (unpaired) electrons. The van der Waals surface area contributed by atoms with Gasteiger partial charge in [0.25, 0.3) is 0 Å². The highest BCUT2D eigenvalue weighted by Gasteiger charge is 2.16. The van der Waals surface area contributed by atoms with Gasteiger partial charge in [0.05, 0.1) is 19.3 Å². The first-order valence-corrected chi connectivity index (χ1v) is 7.02. The summed E-state index contributed by atoms with van der Waals surface area (Å²) >= 11 is 6.04. The molecule has 1 unspecified atom stereocenters. The minimum atomic E-state index is 0.0832. The lowest BCUT2D eigenvalue weighted by atomic mass is 9.96. The van der Waals surface area contributed by atoms with Gasteiger partial charge in [0, 0.05) is 11.2 Å². The zero-order chi connectivity index (χ0) is 14.5. The third-order valence-electron chi connectivity index (χ3n) is 3.25. The van der Waals surface area contributed by atoms with Crippen LogP contribution in [-0.4, -0.2) is 18.6 Å². The normalized spacial score (nSPS) is 12.2. The number of hydrogen-bond acceptors (Lipinski definition) is 3.